The second kappa shape index (κ2) is 6.81. The second-order valence-corrected chi connectivity index (χ2v) is 8.06. The zero-order chi connectivity index (χ0) is 20.9. The maximum atomic E-state index is 4.80. The maximum Gasteiger partial charge on any atom is 0.106 e. The third-order valence-corrected chi connectivity index (χ3v) is 6.08. The molecule has 0 unspecified atom stereocenters. The van der Waals surface area contributed by atoms with Gasteiger partial charge in [0, 0.05) is 11.8 Å². The summed E-state index contributed by atoms with van der Waals surface area (Å²) in [5, 5.41) is 4.95. The Morgan fingerprint density at radius 1 is 0.742 bits per heavy atom. The number of aromatic amines is 2. The first-order valence-corrected chi connectivity index (χ1v) is 10.7. The Balaban J connectivity index is 1.44. The van der Waals surface area contributed by atoms with E-state index in [-0.39, 0.29) is 0 Å². The monoisotopic (exact) mass is 402 g/mol. The normalized spacial score (nSPS) is 11.7. The first-order chi connectivity index (χ1) is 15.2. The molecule has 0 amide bonds. The Labute approximate surface area is 180 Å². The van der Waals surface area contributed by atoms with E-state index < -0.39 is 0 Å². The molecule has 0 bridgehead atoms. The fraction of sp³-hybridized carbons (Fsp3) is 0.111. The first-order valence-electron chi connectivity index (χ1n) is 10.7. The molecule has 2 aromatic heterocycles. The summed E-state index contributed by atoms with van der Waals surface area (Å²) in [4.78, 5) is 15.8. The van der Waals surface area contributed by atoms with Gasteiger partial charge in [-0.15, -0.1) is 0 Å². The van der Waals surface area contributed by atoms with Crippen LogP contribution in [0.4, 0.5) is 0 Å². The molecule has 0 fully saturated rings. The van der Waals surface area contributed by atoms with Gasteiger partial charge in [0.15, 0.2) is 0 Å². The van der Waals surface area contributed by atoms with E-state index >= 15 is 0 Å². The van der Waals surface area contributed by atoms with Gasteiger partial charge in [-0.05, 0) is 51.9 Å². The Bertz CT molecular complexity index is 1570. The number of aromatic nitrogens is 4. The molecule has 0 aliphatic carbocycles. The number of nitrogens with zero attached hydrogens (tertiary/aromatic N) is 2. The van der Waals surface area contributed by atoms with E-state index in [1.54, 1.807) is 0 Å². The van der Waals surface area contributed by atoms with Crippen LogP contribution in [0.3, 0.4) is 0 Å². The fourth-order valence-electron chi connectivity index (χ4n) is 4.43. The largest absolute Gasteiger partial charge is 0.342 e. The van der Waals surface area contributed by atoms with Crippen LogP contribution in [0.2, 0.25) is 0 Å². The minimum absolute atomic E-state index is 0.909. The molecule has 150 valence electrons. The fourth-order valence-corrected chi connectivity index (χ4v) is 4.43. The van der Waals surface area contributed by atoms with Crippen molar-refractivity contribution in [2.45, 2.75) is 20.3 Å². The maximum absolute atomic E-state index is 4.80. The number of nitrogens with one attached hydrogen (secondary N) is 2. The van der Waals surface area contributed by atoms with Gasteiger partial charge in [0.1, 0.15) is 11.6 Å². The van der Waals surface area contributed by atoms with Crippen molar-refractivity contribution in [1.82, 2.24) is 19.9 Å². The minimum Gasteiger partial charge on any atom is -0.342 e. The molecular formula is C27H22N4. The van der Waals surface area contributed by atoms with Crippen molar-refractivity contribution in [3.05, 3.63) is 84.6 Å². The third kappa shape index (κ3) is 2.91. The molecular weight excluding hydrogens is 380 g/mol. The topological polar surface area (TPSA) is 57.4 Å². The Morgan fingerprint density at radius 3 is 2.26 bits per heavy atom. The van der Waals surface area contributed by atoms with Crippen LogP contribution in [0.1, 0.15) is 18.6 Å². The van der Waals surface area contributed by atoms with Gasteiger partial charge < -0.3 is 9.97 Å². The molecule has 0 spiro atoms. The molecule has 4 aromatic carbocycles. The number of rotatable bonds is 3. The summed E-state index contributed by atoms with van der Waals surface area (Å²) < 4.78 is 0. The summed E-state index contributed by atoms with van der Waals surface area (Å²) in [7, 11) is 0. The first kappa shape index (κ1) is 17.9. The Hall–Kier alpha value is -3.92. The lowest BCUT2D eigenvalue weighted by Gasteiger charge is -2.08. The van der Waals surface area contributed by atoms with Crippen molar-refractivity contribution in [3.63, 3.8) is 0 Å². The summed E-state index contributed by atoms with van der Waals surface area (Å²) in [6.45, 7) is 4.09. The van der Waals surface area contributed by atoms with E-state index in [0.29, 0.717) is 0 Å². The van der Waals surface area contributed by atoms with Crippen LogP contribution in [0.25, 0.3) is 55.0 Å². The van der Waals surface area contributed by atoms with Gasteiger partial charge in [0.2, 0.25) is 0 Å². The van der Waals surface area contributed by atoms with Crippen LogP contribution in [-0.4, -0.2) is 19.9 Å². The van der Waals surface area contributed by atoms with Crippen LogP contribution in [0.5, 0.6) is 0 Å². The number of hydrogen-bond donors (Lipinski definition) is 2. The number of aryl methyl sites for hydroxylation is 2. The van der Waals surface area contributed by atoms with Gasteiger partial charge in [-0.1, -0.05) is 61.5 Å². The lowest BCUT2D eigenvalue weighted by molar-refractivity contribution is 1.00. The predicted molar refractivity (Wildman–Crippen MR) is 128 cm³/mol. The smallest absolute Gasteiger partial charge is 0.106 e. The number of benzene rings is 4. The highest BCUT2D eigenvalue weighted by Gasteiger charge is 2.10. The lowest BCUT2D eigenvalue weighted by Crippen LogP contribution is -1.84. The van der Waals surface area contributed by atoms with E-state index in [2.05, 4.69) is 88.6 Å². The number of imidazole rings is 2. The molecule has 6 aromatic rings. The molecule has 0 saturated heterocycles. The highest BCUT2D eigenvalue weighted by atomic mass is 14.9. The van der Waals surface area contributed by atoms with Crippen molar-refractivity contribution in [1.29, 1.82) is 0 Å². The van der Waals surface area contributed by atoms with Gasteiger partial charge in [0.05, 0.1) is 22.9 Å². The summed E-state index contributed by atoms with van der Waals surface area (Å²) >= 11 is 0. The highest BCUT2D eigenvalue weighted by molar-refractivity contribution is 6.16. The molecule has 0 aliphatic rings. The van der Waals surface area contributed by atoms with Gasteiger partial charge in [-0.25, -0.2) is 9.97 Å². The van der Waals surface area contributed by atoms with E-state index in [9.17, 15) is 0 Å². The van der Waals surface area contributed by atoms with Crippen molar-refractivity contribution in [3.8, 4) is 22.4 Å². The molecule has 2 N–H and O–H groups in total. The van der Waals surface area contributed by atoms with E-state index in [4.69, 9.17) is 4.98 Å². The lowest BCUT2D eigenvalue weighted by atomic mass is 9.96. The highest BCUT2D eigenvalue weighted by Crippen LogP contribution is 2.33. The summed E-state index contributed by atoms with van der Waals surface area (Å²) in [6.07, 6.45) is 2.79. The molecule has 0 aliphatic heterocycles. The number of hydrogen-bond acceptors (Lipinski definition) is 2. The summed E-state index contributed by atoms with van der Waals surface area (Å²) in [5.41, 5.74) is 6.78. The van der Waals surface area contributed by atoms with Crippen LogP contribution >= 0.6 is 0 Å². The predicted octanol–water partition coefficient (Wildman–Crippen LogP) is 6.80. The average Bonchev–Trinajstić information content (AvgIpc) is 3.44. The molecule has 0 atom stereocenters. The zero-order valence-corrected chi connectivity index (χ0v) is 17.5. The molecule has 31 heavy (non-hydrogen) atoms. The van der Waals surface area contributed by atoms with Gasteiger partial charge in [-0.3, -0.25) is 0 Å². The van der Waals surface area contributed by atoms with Gasteiger partial charge in [0.25, 0.3) is 0 Å². The standard InChI is InChI=1S/C27H22N4/c1-3-26-30-24-13-12-22-21-10-8-19(14-20(21)9-11-23(22)27(24)31-26)17-4-6-18(7-5-17)25-15-28-16(2)29-25/h4-15H,3H2,1-2H3,(H,28,29)(H,30,31). The number of H-pyrrole nitrogens is 2. The van der Waals surface area contributed by atoms with Crippen LogP contribution in [0.15, 0.2) is 72.9 Å². The Morgan fingerprint density at radius 2 is 1.48 bits per heavy atom. The minimum atomic E-state index is 0.909. The zero-order valence-electron chi connectivity index (χ0n) is 17.5. The van der Waals surface area contributed by atoms with E-state index in [1.165, 1.54) is 32.7 Å². The van der Waals surface area contributed by atoms with Crippen LogP contribution in [0, 0.1) is 6.92 Å². The van der Waals surface area contributed by atoms with E-state index in [0.717, 1.165) is 40.4 Å². The van der Waals surface area contributed by atoms with Crippen molar-refractivity contribution < 1.29 is 0 Å². The van der Waals surface area contributed by atoms with Gasteiger partial charge in [-0.2, -0.15) is 0 Å². The van der Waals surface area contributed by atoms with Gasteiger partial charge >= 0.3 is 0 Å². The summed E-state index contributed by atoms with van der Waals surface area (Å²) in [6, 6.07) is 24.1. The molecule has 4 nitrogen and oxygen atoms in total. The molecule has 0 radical (unpaired) electrons. The summed E-state index contributed by atoms with van der Waals surface area (Å²) in [5.74, 6) is 1.96. The van der Waals surface area contributed by atoms with Crippen LogP contribution < -0.4 is 0 Å². The molecule has 4 heteroatoms. The number of fused-ring (bicyclic) bond motifs is 5. The molecule has 0 saturated carbocycles. The second-order valence-electron chi connectivity index (χ2n) is 8.06. The van der Waals surface area contributed by atoms with E-state index in [1.807, 2.05) is 13.1 Å². The van der Waals surface area contributed by atoms with Crippen LogP contribution in [-0.2, 0) is 6.42 Å². The van der Waals surface area contributed by atoms with Crippen molar-refractivity contribution >= 4 is 32.6 Å². The molecule has 2 heterocycles. The Kier molecular flexibility index (Phi) is 3.93. The quantitative estimate of drug-likeness (QED) is 0.320. The van der Waals surface area contributed by atoms with Crippen molar-refractivity contribution in [2.75, 3.05) is 0 Å². The van der Waals surface area contributed by atoms with Crippen molar-refractivity contribution in [2.24, 2.45) is 0 Å². The molecule has 6 rings (SSSR count). The average molecular weight is 403 g/mol. The third-order valence-electron chi connectivity index (χ3n) is 6.08. The SMILES string of the molecule is CCc1nc2c(ccc3c4ccc(-c5ccc(-c6cnc(C)[nH]6)cc5)cc4ccc32)[nH]1.